The Kier molecular flexibility index (Phi) is 3.44. The van der Waals surface area contributed by atoms with Gasteiger partial charge in [-0.3, -0.25) is 14.5 Å². The first-order chi connectivity index (χ1) is 15.4. The molecule has 0 radical (unpaired) electrons. The van der Waals surface area contributed by atoms with E-state index in [2.05, 4.69) is 22.0 Å². The molecule has 4 bridgehead atoms. The Labute approximate surface area is 185 Å². The van der Waals surface area contributed by atoms with Gasteiger partial charge < -0.3 is 20.6 Å². The monoisotopic (exact) mass is 433 g/mol. The largest absolute Gasteiger partial charge is 0.497 e. The minimum Gasteiger partial charge on any atom is -0.497 e. The molecule has 1 spiro atoms. The first-order valence-corrected chi connectivity index (χ1v) is 11.6. The number of nitrogens with one attached hydrogen (secondary N) is 1. The Bertz CT molecular complexity index is 1250. The van der Waals surface area contributed by atoms with Crippen molar-refractivity contribution >= 4 is 5.91 Å². The van der Waals surface area contributed by atoms with E-state index in [9.17, 15) is 14.7 Å². The van der Waals surface area contributed by atoms with Crippen molar-refractivity contribution in [1.82, 2.24) is 9.88 Å². The number of aliphatic hydroxyl groups is 1. The SMILES string of the molecule is COc1ccc2c(c1)C13Cc4[nH]c(=O)c(C(N)=O)cc4C[C@@]1(O)[C@H]1[C@@H]2C3CN1CC1CC1. The number of H-pyrrole nitrogens is 1. The number of ether oxygens (including phenoxy) is 1. The fourth-order valence-electron chi connectivity index (χ4n) is 7.87. The lowest BCUT2D eigenvalue weighted by atomic mass is 9.55. The van der Waals surface area contributed by atoms with Crippen molar-refractivity contribution in [3.05, 3.63) is 62.6 Å². The first-order valence-electron chi connectivity index (χ1n) is 11.6. The average molecular weight is 434 g/mol. The summed E-state index contributed by atoms with van der Waals surface area (Å²) in [5, 5.41) is 12.6. The van der Waals surface area contributed by atoms with E-state index in [-0.39, 0.29) is 17.5 Å². The van der Waals surface area contributed by atoms with Crippen LogP contribution in [0.15, 0.2) is 29.1 Å². The van der Waals surface area contributed by atoms with Crippen LogP contribution in [0.2, 0.25) is 0 Å². The molecule has 7 rings (SSSR count). The Morgan fingerprint density at radius 1 is 1.31 bits per heavy atom. The van der Waals surface area contributed by atoms with Crippen LogP contribution in [0.4, 0.5) is 0 Å². The number of fused-ring (bicyclic) bond motifs is 3. The van der Waals surface area contributed by atoms with Crippen molar-refractivity contribution in [2.24, 2.45) is 17.6 Å². The molecule has 1 aromatic carbocycles. The molecule has 2 unspecified atom stereocenters. The van der Waals surface area contributed by atoms with Crippen molar-refractivity contribution < 1.29 is 14.6 Å². The Hall–Kier alpha value is -2.64. The standard InChI is InChI=1S/C25H27N3O4/c1-32-14-4-5-15-17(7-14)24-9-19-13(6-16(22(26)29)23(30)27-19)8-25(24,31)21-20(15)18(24)11-28(21)10-12-2-3-12/h4-7,12,18,20-21,31H,2-3,8-11H2,1H3,(H2,26,29)(H,27,30)/t18?,20-,21+,24?,25+/m0/s1. The van der Waals surface area contributed by atoms with Crippen molar-refractivity contribution in [2.75, 3.05) is 20.2 Å². The molecule has 2 heterocycles. The van der Waals surface area contributed by atoms with Crippen LogP contribution >= 0.6 is 0 Å². The molecule has 7 nitrogen and oxygen atoms in total. The van der Waals surface area contributed by atoms with E-state index in [1.807, 2.05) is 6.07 Å². The number of aromatic amines is 1. The molecule has 5 atom stereocenters. The zero-order valence-electron chi connectivity index (χ0n) is 18.1. The molecule has 2 saturated carbocycles. The second-order valence-corrected chi connectivity index (χ2v) is 10.6. The van der Waals surface area contributed by atoms with Crippen molar-refractivity contribution in [2.45, 2.75) is 48.7 Å². The molecule has 4 N–H and O–H groups in total. The number of amides is 1. The number of rotatable bonds is 4. The van der Waals surface area contributed by atoms with E-state index in [0.717, 1.165) is 36.0 Å². The van der Waals surface area contributed by atoms with Gasteiger partial charge in [-0.2, -0.15) is 0 Å². The molecule has 1 saturated heterocycles. The third-order valence-electron chi connectivity index (χ3n) is 9.18. The quantitative estimate of drug-likeness (QED) is 0.669. The Morgan fingerprint density at radius 3 is 2.84 bits per heavy atom. The predicted octanol–water partition coefficient (Wildman–Crippen LogP) is 1.07. The van der Waals surface area contributed by atoms with Gasteiger partial charge in [0, 0.05) is 49.0 Å². The lowest BCUT2D eigenvalue weighted by Crippen LogP contribution is -2.69. The first kappa shape index (κ1) is 18.9. The van der Waals surface area contributed by atoms with Gasteiger partial charge in [-0.25, -0.2) is 0 Å². The summed E-state index contributed by atoms with van der Waals surface area (Å²) in [7, 11) is 1.67. The summed E-state index contributed by atoms with van der Waals surface area (Å²) >= 11 is 0. The summed E-state index contributed by atoms with van der Waals surface area (Å²) in [5.74, 6) is 1.38. The molecule has 1 amide bonds. The summed E-state index contributed by atoms with van der Waals surface area (Å²) in [6, 6.07) is 7.96. The number of pyridine rings is 1. The summed E-state index contributed by atoms with van der Waals surface area (Å²) in [6.45, 7) is 2.02. The Morgan fingerprint density at radius 2 is 2.12 bits per heavy atom. The van der Waals surface area contributed by atoms with Gasteiger partial charge in [-0.15, -0.1) is 0 Å². The number of carbonyl (C=O) groups is 1. The Balaban J connectivity index is 1.44. The number of nitrogens with two attached hydrogens (primary N) is 1. The molecule has 166 valence electrons. The second kappa shape index (κ2) is 5.83. The van der Waals surface area contributed by atoms with E-state index in [1.165, 1.54) is 24.0 Å². The zero-order valence-corrected chi connectivity index (χ0v) is 18.1. The number of nitrogens with zero attached hydrogens (tertiary/aromatic N) is 1. The van der Waals surface area contributed by atoms with Crippen LogP contribution in [-0.4, -0.2) is 52.7 Å². The summed E-state index contributed by atoms with van der Waals surface area (Å²) in [6.07, 6.45) is 3.53. The van der Waals surface area contributed by atoms with Crippen molar-refractivity contribution in [3.8, 4) is 5.75 Å². The fraction of sp³-hybridized carbons (Fsp3) is 0.520. The highest BCUT2D eigenvalue weighted by Gasteiger charge is 2.79. The maximum atomic E-state index is 12.6. The van der Waals surface area contributed by atoms with Gasteiger partial charge >= 0.3 is 0 Å². The van der Waals surface area contributed by atoms with Gasteiger partial charge in [-0.1, -0.05) is 6.07 Å². The van der Waals surface area contributed by atoms with Crippen LogP contribution in [0, 0.1) is 11.8 Å². The van der Waals surface area contributed by atoms with Gasteiger partial charge in [0.1, 0.15) is 11.3 Å². The molecular weight excluding hydrogens is 406 g/mol. The number of benzene rings is 1. The number of piperidine rings is 1. The van der Waals surface area contributed by atoms with E-state index >= 15 is 0 Å². The molecule has 4 aliphatic carbocycles. The van der Waals surface area contributed by atoms with Gasteiger partial charge in [0.05, 0.1) is 12.7 Å². The topological polar surface area (TPSA) is 109 Å². The maximum absolute atomic E-state index is 12.6. The maximum Gasteiger partial charge on any atom is 0.261 e. The number of hydrogen-bond donors (Lipinski definition) is 3. The number of primary amides is 1. The number of methoxy groups -OCH3 is 1. The highest BCUT2D eigenvalue weighted by molar-refractivity contribution is 5.92. The van der Waals surface area contributed by atoms with E-state index in [1.54, 1.807) is 13.2 Å². The summed E-state index contributed by atoms with van der Waals surface area (Å²) in [5.41, 5.74) is 7.68. The zero-order chi connectivity index (χ0) is 22.0. The molecule has 2 aromatic rings. The van der Waals surface area contributed by atoms with Crippen LogP contribution in [-0.2, 0) is 18.3 Å². The van der Waals surface area contributed by atoms with Gasteiger partial charge in [0.25, 0.3) is 11.5 Å². The van der Waals surface area contributed by atoms with E-state index in [4.69, 9.17) is 10.5 Å². The molecule has 5 aliphatic rings. The number of likely N-dealkylation sites (tertiary alicyclic amines) is 1. The minimum atomic E-state index is -0.963. The minimum absolute atomic E-state index is 0.0338. The lowest BCUT2D eigenvalue weighted by Gasteiger charge is -2.57. The third kappa shape index (κ3) is 2.05. The van der Waals surface area contributed by atoms with Crippen molar-refractivity contribution in [3.63, 3.8) is 0 Å². The van der Waals surface area contributed by atoms with E-state index in [0.29, 0.717) is 18.8 Å². The lowest BCUT2D eigenvalue weighted by molar-refractivity contribution is -0.114. The summed E-state index contributed by atoms with van der Waals surface area (Å²) in [4.78, 5) is 29.8. The highest BCUT2D eigenvalue weighted by atomic mass is 16.5. The van der Waals surface area contributed by atoms with E-state index < -0.39 is 22.5 Å². The predicted molar refractivity (Wildman–Crippen MR) is 117 cm³/mol. The molecule has 32 heavy (non-hydrogen) atoms. The van der Waals surface area contributed by atoms with Gasteiger partial charge in [0.15, 0.2) is 0 Å². The van der Waals surface area contributed by atoms with Crippen LogP contribution in [0.1, 0.15) is 51.5 Å². The molecule has 1 aliphatic heterocycles. The normalized spacial score (nSPS) is 36.0. The molecular formula is C25H27N3O4. The van der Waals surface area contributed by atoms with Gasteiger partial charge in [0.2, 0.25) is 0 Å². The van der Waals surface area contributed by atoms with Crippen molar-refractivity contribution in [1.29, 1.82) is 0 Å². The second-order valence-electron chi connectivity index (χ2n) is 10.6. The average Bonchev–Trinajstić information content (AvgIpc) is 3.38. The van der Waals surface area contributed by atoms with Crippen LogP contribution in [0.5, 0.6) is 5.75 Å². The third-order valence-corrected chi connectivity index (χ3v) is 9.18. The van der Waals surface area contributed by atoms with Crippen LogP contribution in [0.3, 0.4) is 0 Å². The fourth-order valence-corrected chi connectivity index (χ4v) is 7.87. The number of aromatic nitrogens is 1. The molecule has 7 heteroatoms. The number of carbonyl (C=O) groups excluding carboxylic acids is 1. The molecule has 3 fully saturated rings. The smallest absolute Gasteiger partial charge is 0.261 e. The summed E-state index contributed by atoms with van der Waals surface area (Å²) < 4.78 is 5.55. The number of hydrogen-bond acceptors (Lipinski definition) is 5. The van der Waals surface area contributed by atoms with Gasteiger partial charge in [-0.05, 0) is 59.6 Å². The highest BCUT2D eigenvalue weighted by Crippen LogP contribution is 2.73. The van der Waals surface area contributed by atoms with Crippen LogP contribution < -0.4 is 16.0 Å². The van der Waals surface area contributed by atoms with Crippen LogP contribution in [0.25, 0.3) is 0 Å². The molecule has 1 aromatic heterocycles.